The number of fused-ring (bicyclic) bond motifs is 2. The highest BCUT2D eigenvalue weighted by Gasteiger charge is 2.19. The number of rotatable bonds is 12. The summed E-state index contributed by atoms with van der Waals surface area (Å²) in [5.41, 5.74) is 6.50. The number of hydrogen-bond donors (Lipinski definition) is 2. The lowest BCUT2D eigenvalue weighted by atomic mass is 9.93. The molecule has 0 aromatic heterocycles. The first kappa shape index (κ1) is 34.3. The number of phenols is 2. The molecule has 0 bridgehead atoms. The minimum absolute atomic E-state index is 0.0187. The van der Waals surface area contributed by atoms with Gasteiger partial charge >= 0.3 is 0 Å². The van der Waals surface area contributed by atoms with E-state index in [0.717, 1.165) is 54.9 Å². The fourth-order valence-corrected chi connectivity index (χ4v) is 7.34. The van der Waals surface area contributed by atoms with E-state index in [4.69, 9.17) is 9.47 Å². The molecule has 0 aliphatic rings. The van der Waals surface area contributed by atoms with Gasteiger partial charge in [-0.1, -0.05) is 164 Å². The van der Waals surface area contributed by atoms with Crippen molar-refractivity contribution < 1.29 is 19.7 Å². The fraction of sp³-hybridized carbons (Fsp3) is 0.0800. The highest BCUT2D eigenvalue weighted by Crippen LogP contribution is 2.45. The lowest BCUT2D eigenvalue weighted by molar-refractivity contribution is 0.179. The molecule has 54 heavy (non-hydrogen) atoms. The molecule has 8 aromatic rings. The topological polar surface area (TPSA) is 58.9 Å². The van der Waals surface area contributed by atoms with Crippen LogP contribution < -0.4 is 9.47 Å². The maximum Gasteiger partial charge on any atom is 0.131 e. The third-order valence-electron chi connectivity index (χ3n) is 10.0. The first-order chi connectivity index (χ1) is 26.6. The second-order valence-electron chi connectivity index (χ2n) is 13.5. The molecule has 0 radical (unpaired) electrons. The minimum Gasteiger partial charge on any atom is -0.507 e. The summed E-state index contributed by atoms with van der Waals surface area (Å²) in [7, 11) is 0. The van der Waals surface area contributed by atoms with E-state index in [9.17, 15) is 10.2 Å². The standard InChI is InChI=1S/C50H40O4/c1-2-15-34(32-53-47-30-9-7-22-41(47)45-28-13-26-43(49(45)51)39-24-11-18-35-16-3-5-20-37(35)39)33-54-48-31-10-8-23-42(48)46-29-14-27-44(50(46)52)40-25-12-19-36-17-4-6-21-38(36)40/h2-14,16-31,34,51-52H,1,15,32-33H2. The van der Waals surface area contributed by atoms with Crippen LogP contribution in [-0.4, -0.2) is 23.4 Å². The van der Waals surface area contributed by atoms with Crippen LogP contribution in [0.15, 0.2) is 183 Å². The molecule has 8 aromatic carbocycles. The molecule has 0 amide bonds. The van der Waals surface area contributed by atoms with Crippen LogP contribution in [0.3, 0.4) is 0 Å². The van der Waals surface area contributed by atoms with Gasteiger partial charge in [-0.2, -0.15) is 0 Å². The number of allylic oxidation sites excluding steroid dienone is 1. The molecule has 4 nitrogen and oxygen atoms in total. The van der Waals surface area contributed by atoms with Crippen molar-refractivity contribution in [3.63, 3.8) is 0 Å². The lowest BCUT2D eigenvalue weighted by Crippen LogP contribution is -2.19. The summed E-state index contributed by atoms with van der Waals surface area (Å²) in [5.74, 6) is 1.75. The van der Waals surface area contributed by atoms with E-state index < -0.39 is 0 Å². The Morgan fingerprint density at radius 1 is 0.407 bits per heavy atom. The summed E-state index contributed by atoms with van der Waals surface area (Å²) in [5, 5.41) is 27.8. The molecule has 0 unspecified atom stereocenters. The lowest BCUT2D eigenvalue weighted by Gasteiger charge is -2.21. The van der Waals surface area contributed by atoms with Crippen molar-refractivity contribution in [2.45, 2.75) is 6.42 Å². The van der Waals surface area contributed by atoms with Gasteiger partial charge in [0.15, 0.2) is 0 Å². The fourth-order valence-electron chi connectivity index (χ4n) is 7.34. The first-order valence-corrected chi connectivity index (χ1v) is 18.3. The van der Waals surface area contributed by atoms with Gasteiger partial charge in [0.05, 0.1) is 13.2 Å². The molecule has 2 N–H and O–H groups in total. The summed E-state index contributed by atoms with van der Waals surface area (Å²) in [6, 6.07) is 56.1. The molecule has 0 saturated heterocycles. The monoisotopic (exact) mass is 704 g/mol. The van der Waals surface area contributed by atoms with E-state index >= 15 is 0 Å². The van der Waals surface area contributed by atoms with Crippen molar-refractivity contribution in [3.05, 3.63) is 183 Å². The quantitative estimate of drug-likeness (QED) is 0.124. The van der Waals surface area contributed by atoms with Gasteiger partial charge in [-0.25, -0.2) is 0 Å². The molecule has 0 aliphatic heterocycles. The summed E-state index contributed by atoms with van der Waals surface area (Å²) in [6.07, 6.45) is 2.56. The number of benzene rings is 8. The average molecular weight is 705 g/mol. The average Bonchev–Trinajstić information content (AvgIpc) is 3.22. The van der Waals surface area contributed by atoms with Crippen LogP contribution in [0.5, 0.6) is 23.0 Å². The molecular formula is C50H40O4. The highest BCUT2D eigenvalue weighted by atomic mass is 16.5. The van der Waals surface area contributed by atoms with E-state index in [1.165, 1.54) is 0 Å². The van der Waals surface area contributed by atoms with Crippen LogP contribution in [0.2, 0.25) is 0 Å². The zero-order valence-corrected chi connectivity index (χ0v) is 29.9. The van der Waals surface area contributed by atoms with Crippen LogP contribution in [0, 0.1) is 5.92 Å². The van der Waals surface area contributed by atoms with Gasteiger partial charge in [0.2, 0.25) is 0 Å². The number of hydrogen-bond acceptors (Lipinski definition) is 4. The minimum atomic E-state index is -0.0187. The Kier molecular flexibility index (Phi) is 9.82. The molecule has 264 valence electrons. The van der Waals surface area contributed by atoms with Gasteiger partial charge in [-0.05, 0) is 51.2 Å². The van der Waals surface area contributed by atoms with Crippen molar-refractivity contribution in [3.8, 4) is 67.5 Å². The third-order valence-corrected chi connectivity index (χ3v) is 10.0. The zero-order chi connectivity index (χ0) is 36.9. The Bertz CT molecular complexity index is 2420. The van der Waals surface area contributed by atoms with Crippen molar-refractivity contribution in [2.24, 2.45) is 5.92 Å². The third kappa shape index (κ3) is 6.78. The van der Waals surface area contributed by atoms with Gasteiger partial charge in [-0.15, -0.1) is 6.58 Å². The number of ether oxygens (including phenoxy) is 2. The van der Waals surface area contributed by atoms with Crippen LogP contribution in [0.25, 0.3) is 66.1 Å². The van der Waals surface area contributed by atoms with Crippen molar-refractivity contribution in [2.75, 3.05) is 13.2 Å². The maximum atomic E-state index is 11.7. The predicted octanol–water partition coefficient (Wildman–Crippen LogP) is 12.7. The maximum absolute atomic E-state index is 11.7. The van der Waals surface area contributed by atoms with E-state index in [1.54, 1.807) is 0 Å². The summed E-state index contributed by atoms with van der Waals surface area (Å²) in [6.45, 7) is 4.75. The summed E-state index contributed by atoms with van der Waals surface area (Å²) < 4.78 is 13.0. The zero-order valence-electron chi connectivity index (χ0n) is 29.9. The molecule has 0 atom stereocenters. The van der Waals surface area contributed by atoms with Gasteiger partial charge in [0, 0.05) is 39.3 Å². The molecular weight excluding hydrogens is 665 g/mol. The molecule has 0 heterocycles. The SMILES string of the molecule is C=CCC(COc1ccccc1-c1cccc(-c2cccc3ccccc23)c1O)COc1ccccc1-c1cccc(-c2cccc3ccccc23)c1O. The highest BCUT2D eigenvalue weighted by molar-refractivity contribution is 6.00. The van der Waals surface area contributed by atoms with Crippen molar-refractivity contribution >= 4 is 21.5 Å². The Morgan fingerprint density at radius 2 is 0.741 bits per heavy atom. The van der Waals surface area contributed by atoms with Crippen molar-refractivity contribution in [1.29, 1.82) is 0 Å². The van der Waals surface area contributed by atoms with Crippen LogP contribution in [0.1, 0.15) is 6.42 Å². The largest absolute Gasteiger partial charge is 0.507 e. The molecule has 0 spiro atoms. The van der Waals surface area contributed by atoms with Crippen LogP contribution >= 0.6 is 0 Å². The van der Waals surface area contributed by atoms with Gasteiger partial charge in [0.25, 0.3) is 0 Å². The first-order valence-electron chi connectivity index (χ1n) is 18.3. The molecule has 0 saturated carbocycles. The molecule has 8 rings (SSSR count). The summed E-state index contributed by atoms with van der Waals surface area (Å²) in [4.78, 5) is 0. The number of aromatic hydroxyl groups is 2. The Hall–Kier alpha value is -6.78. The Balaban J connectivity index is 1.03. The normalized spacial score (nSPS) is 11.2. The Morgan fingerprint density at radius 3 is 1.20 bits per heavy atom. The molecule has 4 heteroatoms. The number of phenolic OH excluding ortho intramolecular Hbond substituents is 2. The second-order valence-corrected chi connectivity index (χ2v) is 13.5. The van der Waals surface area contributed by atoms with Crippen LogP contribution in [0.4, 0.5) is 0 Å². The van der Waals surface area contributed by atoms with E-state index in [2.05, 4.69) is 43.0 Å². The van der Waals surface area contributed by atoms with Gasteiger partial charge < -0.3 is 19.7 Å². The van der Waals surface area contributed by atoms with E-state index in [-0.39, 0.29) is 17.4 Å². The molecule has 0 aliphatic carbocycles. The summed E-state index contributed by atoms with van der Waals surface area (Å²) >= 11 is 0. The second kappa shape index (κ2) is 15.4. The van der Waals surface area contributed by atoms with Crippen LogP contribution in [-0.2, 0) is 0 Å². The Labute approximate surface area is 315 Å². The van der Waals surface area contributed by atoms with E-state index in [0.29, 0.717) is 42.3 Å². The predicted molar refractivity (Wildman–Crippen MR) is 222 cm³/mol. The van der Waals surface area contributed by atoms with Crippen molar-refractivity contribution in [1.82, 2.24) is 0 Å². The van der Waals surface area contributed by atoms with Gasteiger partial charge in [-0.3, -0.25) is 0 Å². The van der Waals surface area contributed by atoms with E-state index in [1.807, 2.05) is 140 Å². The van der Waals surface area contributed by atoms with Gasteiger partial charge in [0.1, 0.15) is 23.0 Å². The number of para-hydroxylation sites is 4. The molecule has 0 fully saturated rings. The smallest absolute Gasteiger partial charge is 0.131 e.